The molecule has 2 amide bonds. The molecule has 24 heavy (non-hydrogen) atoms. The summed E-state index contributed by atoms with van der Waals surface area (Å²) < 4.78 is 26.2. The molecular formula is C17H16F2N2O3. The second-order valence-electron chi connectivity index (χ2n) is 4.93. The third kappa shape index (κ3) is 5.44. The fraction of sp³-hybridized carbons (Fsp3) is 0.176. The van der Waals surface area contributed by atoms with Crippen molar-refractivity contribution in [2.75, 3.05) is 6.54 Å². The van der Waals surface area contributed by atoms with Gasteiger partial charge in [-0.2, -0.15) is 0 Å². The molecule has 126 valence electrons. The summed E-state index contributed by atoms with van der Waals surface area (Å²) in [4.78, 5) is 28.3. The van der Waals surface area contributed by atoms with Crippen molar-refractivity contribution >= 4 is 11.8 Å². The zero-order valence-electron chi connectivity index (χ0n) is 12.7. The van der Waals surface area contributed by atoms with Crippen molar-refractivity contribution in [2.24, 2.45) is 0 Å². The Balaban J connectivity index is 1.67. The van der Waals surface area contributed by atoms with Crippen LogP contribution in [0.2, 0.25) is 0 Å². The number of hydroxylamine groups is 1. The lowest BCUT2D eigenvalue weighted by Crippen LogP contribution is -2.31. The summed E-state index contributed by atoms with van der Waals surface area (Å²) in [5.41, 5.74) is 2.87. The van der Waals surface area contributed by atoms with Crippen LogP contribution in [-0.4, -0.2) is 18.4 Å². The van der Waals surface area contributed by atoms with Gasteiger partial charge in [0.05, 0.1) is 12.2 Å². The molecule has 0 heterocycles. The van der Waals surface area contributed by atoms with E-state index in [1.165, 1.54) is 0 Å². The first-order valence-electron chi connectivity index (χ1n) is 7.24. The number of carbonyl (C=O) groups is 2. The number of carbonyl (C=O) groups excluding carboxylic acids is 2. The number of benzene rings is 2. The number of hydrogen-bond acceptors (Lipinski definition) is 3. The van der Waals surface area contributed by atoms with Gasteiger partial charge in [0, 0.05) is 19.0 Å². The normalized spacial score (nSPS) is 10.2. The third-order valence-electron chi connectivity index (χ3n) is 3.08. The Morgan fingerprint density at radius 3 is 2.50 bits per heavy atom. The van der Waals surface area contributed by atoms with Crippen molar-refractivity contribution in [1.82, 2.24) is 10.8 Å². The van der Waals surface area contributed by atoms with Crippen LogP contribution in [0.1, 0.15) is 22.3 Å². The molecule has 7 heteroatoms. The number of hydrogen-bond donors (Lipinski definition) is 2. The Labute approximate surface area is 137 Å². The summed E-state index contributed by atoms with van der Waals surface area (Å²) in [6.45, 7) is 0.218. The second-order valence-corrected chi connectivity index (χ2v) is 4.93. The van der Waals surface area contributed by atoms with Crippen LogP contribution in [-0.2, 0) is 16.2 Å². The first-order valence-corrected chi connectivity index (χ1v) is 7.24. The van der Waals surface area contributed by atoms with Gasteiger partial charge in [0.25, 0.3) is 5.91 Å². The smallest absolute Gasteiger partial charge is 0.254 e. The van der Waals surface area contributed by atoms with Crippen molar-refractivity contribution in [3.05, 3.63) is 71.3 Å². The van der Waals surface area contributed by atoms with Crippen molar-refractivity contribution < 1.29 is 23.2 Å². The summed E-state index contributed by atoms with van der Waals surface area (Å²) in [6.07, 6.45) is -0.0383. The van der Waals surface area contributed by atoms with Gasteiger partial charge in [0.1, 0.15) is 11.6 Å². The monoisotopic (exact) mass is 334 g/mol. The second kappa shape index (κ2) is 8.73. The predicted molar refractivity (Wildman–Crippen MR) is 82.7 cm³/mol. The van der Waals surface area contributed by atoms with Crippen LogP contribution >= 0.6 is 0 Å². The fourth-order valence-electron chi connectivity index (χ4n) is 1.88. The average molecular weight is 334 g/mol. The third-order valence-corrected chi connectivity index (χ3v) is 3.08. The standard InChI is InChI=1S/C17H16F2N2O3/c18-13-6-7-14(15(19)10-13)17(23)20-9-8-16(22)21-24-11-12-4-2-1-3-5-12/h1-7,10H,8-9,11H2,(H,20,23)(H,21,22). The first-order chi connectivity index (χ1) is 11.6. The van der Waals surface area contributed by atoms with Crippen LogP contribution in [0.5, 0.6) is 0 Å². The Morgan fingerprint density at radius 1 is 1.04 bits per heavy atom. The maximum atomic E-state index is 13.4. The molecule has 2 aromatic carbocycles. The zero-order chi connectivity index (χ0) is 17.4. The largest absolute Gasteiger partial charge is 0.351 e. The average Bonchev–Trinajstić information content (AvgIpc) is 2.55. The van der Waals surface area contributed by atoms with Crippen molar-refractivity contribution in [3.63, 3.8) is 0 Å². The Bertz CT molecular complexity index is 708. The quantitative estimate of drug-likeness (QED) is 0.764. The minimum atomic E-state index is -0.955. The first kappa shape index (κ1) is 17.6. The van der Waals surface area contributed by atoms with Gasteiger partial charge < -0.3 is 5.32 Å². The summed E-state index contributed by atoms with van der Waals surface area (Å²) in [5, 5.41) is 2.38. The van der Waals surface area contributed by atoms with Crippen LogP contribution in [0.3, 0.4) is 0 Å². The van der Waals surface area contributed by atoms with E-state index >= 15 is 0 Å². The molecule has 0 bridgehead atoms. The molecule has 0 atom stereocenters. The van der Waals surface area contributed by atoms with E-state index < -0.39 is 23.4 Å². The highest BCUT2D eigenvalue weighted by Crippen LogP contribution is 2.09. The van der Waals surface area contributed by atoms with Gasteiger partial charge in [-0.15, -0.1) is 0 Å². The lowest BCUT2D eigenvalue weighted by molar-refractivity contribution is -0.134. The molecule has 0 aromatic heterocycles. The van der Waals surface area contributed by atoms with E-state index in [0.29, 0.717) is 6.07 Å². The molecule has 0 spiro atoms. The maximum absolute atomic E-state index is 13.4. The van der Waals surface area contributed by atoms with Gasteiger partial charge >= 0.3 is 0 Å². The van der Waals surface area contributed by atoms with E-state index in [9.17, 15) is 18.4 Å². The highest BCUT2D eigenvalue weighted by atomic mass is 19.1. The molecular weight excluding hydrogens is 318 g/mol. The van der Waals surface area contributed by atoms with E-state index in [1.54, 1.807) is 0 Å². The van der Waals surface area contributed by atoms with Gasteiger partial charge in [-0.1, -0.05) is 30.3 Å². The molecule has 2 aromatic rings. The fourth-order valence-corrected chi connectivity index (χ4v) is 1.88. The zero-order valence-corrected chi connectivity index (χ0v) is 12.7. The summed E-state index contributed by atoms with van der Waals surface area (Å²) in [7, 11) is 0. The van der Waals surface area contributed by atoms with Crippen LogP contribution in [0.15, 0.2) is 48.5 Å². The van der Waals surface area contributed by atoms with E-state index in [1.807, 2.05) is 30.3 Å². The molecule has 5 nitrogen and oxygen atoms in total. The van der Waals surface area contributed by atoms with E-state index in [4.69, 9.17) is 4.84 Å². The van der Waals surface area contributed by atoms with Gasteiger partial charge in [0.15, 0.2) is 0 Å². The SMILES string of the molecule is O=C(CCNC(=O)c1ccc(F)cc1F)NOCc1ccccc1. The van der Waals surface area contributed by atoms with E-state index in [0.717, 1.165) is 17.7 Å². The van der Waals surface area contributed by atoms with Gasteiger partial charge in [-0.25, -0.2) is 14.3 Å². The van der Waals surface area contributed by atoms with E-state index in [-0.39, 0.29) is 25.1 Å². The number of halogens is 2. The minimum absolute atomic E-state index is 0.00379. The Kier molecular flexibility index (Phi) is 6.39. The highest BCUT2D eigenvalue weighted by Gasteiger charge is 2.12. The molecule has 0 radical (unpaired) electrons. The lowest BCUT2D eigenvalue weighted by Gasteiger charge is -2.08. The summed E-state index contributed by atoms with van der Waals surface area (Å²) in [5.74, 6) is -2.86. The number of nitrogens with one attached hydrogen (secondary N) is 2. The van der Waals surface area contributed by atoms with Crippen molar-refractivity contribution in [3.8, 4) is 0 Å². The molecule has 2 N–H and O–H groups in total. The van der Waals surface area contributed by atoms with E-state index in [2.05, 4.69) is 10.8 Å². The predicted octanol–water partition coefficient (Wildman–Crippen LogP) is 2.33. The van der Waals surface area contributed by atoms with Gasteiger partial charge in [-0.05, 0) is 17.7 Å². The van der Waals surface area contributed by atoms with Crippen LogP contribution in [0, 0.1) is 11.6 Å². The molecule has 0 saturated carbocycles. The topological polar surface area (TPSA) is 67.4 Å². The molecule has 0 saturated heterocycles. The Hall–Kier alpha value is -2.80. The molecule has 0 unspecified atom stereocenters. The molecule has 0 aliphatic rings. The van der Waals surface area contributed by atoms with Crippen LogP contribution < -0.4 is 10.8 Å². The summed E-state index contributed by atoms with van der Waals surface area (Å²) >= 11 is 0. The number of rotatable bonds is 7. The lowest BCUT2D eigenvalue weighted by atomic mass is 10.2. The number of amides is 2. The molecule has 0 aliphatic carbocycles. The molecule has 0 fully saturated rings. The van der Waals surface area contributed by atoms with Crippen LogP contribution in [0.4, 0.5) is 8.78 Å². The van der Waals surface area contributed by atoms with Crippen molar-refractivity contribution in [2.45, 2.75) is 13.0 Å². The van der Waals surface area contributed by atoms with Gasteiger partial charge in [-0.3, -0.25) is 14.4 Å². The maximum Gasteiger partial charge on any atom is 0.254 e. The highest BCUT2D eigenvalue weighted by molar-refractivity contribution is 5.94. The molecule has 2 rings (SSSR count). The molecule has 0 aliphatic heterocycles. The summed E-state index contributed by atoms with van der Waals surface area (Å²) in [6, 6.07) is 11.9. The minimum Gasteiger partial charge on any atom is -0.351 e. The van der Waals surface area contributed by atoms with Crippen molar-refractivity contribution in [1.29, 1.82) is 0 Å². The Morgan fingerprint density at radius 2 is 1.79 bits per heavy atom. The van der Waals surface area contributed by atoms with Gasteiger partial charge in [0.2, 0.25) is 5.91 Å². The van der Waals surface area contributed by atoms with Crippen LogP contribution in [0.25, 0.3) is 0 Å².